The first-order chi connectivity index (χ1) is 11.2. The van der Waals surface area contributed by atoms with E-state index in [0.717, 1.165) is 24.6 Å². The summed E-state index contributed by atoms with van der Waals surface area (Å²) in [5.74, 6) is 2.31. The molecule has 0 saturated carbocycles. The van der Waals surface area contributed by atoms with Crippen molar-refractivity contribution in [1.29, 1.82) is 0 Å². The Balaban J connectivity index is 1.70. The minimum atomic E-state index is 0.540. The van der Waals surface area contributed by atoms with Crippen LogP contribution in [0.3, 0.4) is 0 Å². The molecule has 0 fully saturated rings. The van der Waals surface area contributed by atoms with Gasteiger partial charge in [-0.2, -0.15) is 0 Å². The molecule has 0 bridgehead atoms. The Kier molecular flexibility index (Phi) is 6.95. The summed E-state index contributed by atoms with van der Waals surface area (Å²) in [6.07, 6.45) is 0. The molecular formula is C20H27NO2. The van der Waals surface area contributed by atoms with E-state index in [9.17, 15) is 0 Å². The third-order valence-corrected chi connectivity index (χ3v) is 3.67. The minimum absolute atomic E-state index is 0.540. The number of hydrogen-bond acceptors (Lipinski definition) is 3. The molecule has 0 unspecified atom stereocenters. The van der Waals surface area contributed by atoms with Crippen LogP contribution in [0.5, 0.6) is 11.5 Å². The lowest BCUT2D eigenvalue weighted by atomic mass is 10.0. The summed E-state index contributed by atoms with van der Waals surface area (Å²) in [4.78, 5) is 0. The van der Waals surface area contributed by atoms with Gasteiger partial charge < -0.3 is 14.8 Å². The maximum absolute atomic E-state index is 5.70. The summed E-state index contributed by atoms with van der Waals surface area (Å²) in [7, 11) is 0. The minimum Gasteiger partial charge on any atom is -0.490 e. The standard InChI is InChI=1S/C20H27NO2/c1-4-21-15-17-5-9-19(10-6-17)22-13-14-23-20-11-7-18(8-12-20)16(2)3/h5-12,16,21H,4,13-15H2,1-3H3. The molecule has 0 aliphatic heterocycles. The molecule has 23 heavy (non-hydrogen) atoms. The molecule has 0 amide bonds. The van der Waals surface area contributed by atoms with E-state index in [4.69, 9.17) is 9.47 Å². The number of nitrogens with one attached hydrogen (secondary N) is 1. The van der Waals surface area contributed by atoms with Crippen molar-refractivity contribution in [3.05, 3.63) is 59.7 Å². The van der Waals surface area contributed by atoms with Crippen LogP contribution in [0.1, 0.15) is 37.8 Å². The van der Waals surface area contributed by atoms with Gasteiger partial charge in [0.25, 0.3) is 0 Å². The zero-order valence-electron chi connectivity index (χ0n) is 14.3. The van der Waals surface area contributed by atoms with Crippen molar-refractivity contribution in [2.24, 2.45) is 0 Å². The van der Waals surface area contributed by atoms with Crippen molar-refractivity contribution in [1.82, 2.24) is 5.32 Å². The topological polar surface area (TPSA) is 30.5 Å². The summed E-state index contributed by atoms with van der Waals surface area (Å²) >= 11 is 0. The molecule has 0 atom stereocenters. The van der Waals surface area contributed by atoms with Crippen molar-refractivity contribution < 1.29 is 9.47 Å². The van der Waals surface area contributed by atoms with Gasteiger partial charge in [-0.25, -0.2) is 0 Å². The summed E-state index contributed by atoms with van der Waals surface area (Å²) in [5.41, 5.74) is 2.59. The van der Waals surface area contributed by atoms with Gasteiger partial charge in [-0.15, -0.1) is 0 Å². The normalized spacial score (nSPS) is 10.8. The fourth-order valence-corrected chi connectivity index (χ4v) is 2.24. The molecule has 2 rings (SSSR count). The average Bonchev–Trinajstić information content (AvgIpc) is 2.58. The SMILES string of the molecule is CCNCc1ccc(OCCOc2ccc(C(C)C)cc2)cc1. The van der Waals surface area contributed by atoms with Gasteiger partial charge in [0, 0.05) is 6.54 Å². The number of benzene rings is 2. The van der Waals surface area contributed by atoms with Crippen LogP contribution in [0, 0.1) is 0 Å². The molecule has 0 radical (unpaired) electrons. The molecule has 0 saturated heterocycles. The van der Waals surface area contributed by atoms with Crippen LogP contribution < -0.4 is 14.8 Å². The van der Waals surface area contributed by atoms with E-state index in [2.05, 4.69) is 50.4 Å². The fourth-order valence-electron chi connectivity index (χ4n) is 2.24. The molecule has 0 aromatic heterocycles. The Morgan fingerprint density at radius 1 is 0.826 bits per heavy atom. The quantitative estimate of drug-likeness (QED) is 0.697. The lowest BCUT2D eigenvalue weighted by Crippen LogP contribution is -2.11. The fraction of sp³-hybridized carbons (Fsp3) is 0.400. The van der Waals surface area contributed by atoms with E-state index in [1.807, 2.05) is 24.3 Å². The van der Waals surface area contributed by atoms with Crippen LogP contribution in [-0.2, 0) is 6.54 Å². The van der Waals surface area contributed by atoms with Crippen LogP contribution in [-0.4, -0.2) is 19.8 Å². The largest absolute Gasteiger partial charge is 0.490 e. The molecule has 0 aliphatic rings. The van der Waals surface area contributed by atoms with Crippen molar-refractivity contribution in [3.63, 3.8) is 0 Å². The number of ether oxygens (including phenoxy) is 2. The Labute approximate surface area is 139 Å². The zero-order chi connectivity index (χ0) is 16.5. The molecular weight excluding hydrogens is 286 g/mol. The highest BCUT2D eigenvalue weighted by Crippen LogP contribution is 2.18. The number of hydrogen-bond donors (Lipinski definition) is 1. The van der Waals surface area contributed by atoms with Crippen LogP contribution in [0.4, 0.5) is 0 Å². The van der Waals surface area contributed by atoms with Gasteiger partial charge in [0.15, 0.2) is 0 Å². The maximum Gasteiger partial charge on any atom is 0.122 e. The Hall–Kier alpha value is -2.00. The van der Waals surface area contributed by atoms with Crippen LogP contribution in [0.15, 0.2) is 48.5 Å². The zero-order valence-corrected chi connectivity index (χ0v) is 14.3. The molecule has 0 aliphatic carbocycles. The molecule has 1 N–H and O–H groups in total. The highest BCUT2D eigenvalue weighted by atomic mass is 16.5. The van der Waals surface area contributed by atoms with Gasteiger partial charge in [-0.1, -0.05) is 45.0 Å². The first-order valence-corrected chi connectivity index (χ1v) is 8.34. The monoisotopic (exact) mass is 313 g/mol. The van der Waals surface area contributed by atoms with Crippen molar-refractivity contribution in [2.45, 2.75) is 33.2 Å². The highest BCUT2D eigenvalue weighted by Gasteiger charge is 2.00. The molecule has 0 heterocycles. The van der Waals surface area contributed by atoms with Crippen LogP contribution >= 0.6 is 0 Å². The van der Waals surface area contributed by atoms with Gasteiger partial charge in [0.05, 0.1) is 0 Å². The maximum atomic E-state index is 5.70. The van der Waals surface area contributed by atoms with E-state index in [-0.39, 0.29) is 0 Å². The predicted molar refractivity (Wildman–Crippen MR) is 95.3 cm³/mol. The lowest BCUT2D eigenvalue weighted by Gasteiger charge is -2.10. The second kappa shape index (κ2) is 9.21. The predicted octanol–water partition coefficient (Wildman–Crippen LogP) is 4.38. The first kappa shape index (κ1) is 17.4. The Bertz CT molecular complexity index is 561. The summed E-state index contributed by atoms with van der Waals surface area (Å²) in [6, 6.07) is 16.4. The molecule has 3 nitrogen and oxygen atoms in total. The second-order valence-electron chi connectivity index (χ2n) is 5.84. The van der Waals surface area contributed by atoms with Gasteiger partial charge >= 0.3 is 0 Å². The second-order valence-corrected chi connectivity index (χ2v) is 5.84. The van der Waals surface area contributed by atoms with Crippen LogP contribution in [0.25, 0.3) is 0 Å². The Morgan fingerprint density at radius 3 is 1.83 bits per heavy atom. The average molecular weight is 313 g/mol. The molecule has 2 aromatic rings. The van der Waals surface area contributed by atoms with Crippen molar-refractivity contribution in [2.75, 3.05) is 19.8 Å². The third-order valence-electron chi connectivity index (χ3n) is 3.67. The molecule has 3 heteroatoms. The van der Waals surface area contributed by atoms with E-state index in [1.165, 1.54) is 11.1 Å². The van der Waals surface area contributed by atoms with Crippen molar-refractivity contribution in [3.8, 4) is 11.5 Å². The highest BCUT2D eigenvalue weighted by molar-refractivity contribution is 5.29. The molecule has 124 valence electrons. The smallest absolute Gasteiger partial charge is 0.122 e. The van der Waals surface area contributed by atoms with Gasteiger partial charge in [0.1, 0.15) is 24.7 Å². The van der Waals surface area contributed by atoms with Crippen molar-refractivity contribution >= 4 is 0 Å². The first-order valence-electron chi connectivity index (χ1n) is 8.34. The van der Waals surface area contributed by atoms with E-state index < -0.39 is 0 Å². The Morgan fingerprint density at radius 2 is 1.35 bits per heavy atom. The molecule has 2 aromatic carbocycles. The van der Waals surface area contributed by atoms with Gasteiger partial charge in [-0.05, 0) is 47.9 Å². The summed E-state index contributed by atoms with van der Waals surface area (Å²) in [5, 5.41) is 3.30. The van der Waals surface area contributed by atoms with E-state index in [0.29, 0.717) is 19.1 Å². The third kappa shape index (κ3) is 5.95. The van der Waals surface area contributed by atoms with Crippen LogP contribution in [0.2, 0.25) is 0 Å². The van der Waals surface area contributed by atoms with E-state index in [1.54, 1.807) is 0 Å². The van der Waals surface area contributed by atoms with E-state index >= 15 is 0 Å². The summed E-state index contributed by atoms with van der Waals surface area (Å²) < 4.78 is 11.4. The van der Waals surface area contributed by atoms with Gasteiger partial charge in [-0.3, -0.25) is 0 Å². The lowest BCUT2D eigenvalue weighted by molar-refractivity contribution is 0.217. The summed E-state index contributed by atoms with van der Waals surface area (Å²) in [6.45, 7) is 9.44. The van der Waals surface area contributed by atoms with Gasteiger partial charge in [0.2, 0.25) is 0 Å². The number of rotatable bonds is 9. The molecule has 0 spiro atoms.